The lowest BCUT2D eigenvalue weighted by Gasteiger charge is -2.07. The van der Waals surface area contributed by atoms with E-state index >= 15 is 0 Å². The molecule has 0 amide bonds. The third-order valence-electron chi connectivity index (χ3n) is 2.97. The Hall–Kier alpha value is -2.21. The Balaban J connectivity index is 1.66. The van der Waals surface area contributed by atoms with Gasteiger partial charge in [-0.3, -0.25) is 0 Å². The topological polar surface area (TPSA) is 51.0 Å². The first kappa shape index (κ1) is 13.8. The maximum Gasteiger partial charge on any atom is 0.247 e. The first-order valence-corrected chi connectivity index (χ1v) is 7.06. The van der Waals surface area contributed by atoms with Crippen molar-refractivity contribution in [2.75, 3.05) is 5.32 Å². The molecule has 0 spiro atoms. The van der Waals surface area contributed by atoms with Crippen molar-refractivity contribution in [2.24, 2.45) is 0 Å². The Morgan fingerprint density at radius 2 is 1.95 bits per heavy atom. The Morgan fingerprint density at radius 1 is 1.14 bits per heavy atom. The normalized spacial score (nSPS) is 10.6. The maximum absolute atomic E-state index is 13.4. The van der Waals surface area contributed by atoms with Crippen LogP contribution < -0.4 is 5.32 Å². The standard InChI is InChI=1S/C15H11BrFN3O/c16-13-6-1-10(7-14(13)17)8-18-12-4-2-11(3-5-12)15-20-19-9-21-15/h1-7,9,18H,8H2. The second-order valence-corrected chi connectivity index (χ2v) is 5.28. The molecule has 3 aromatic rings. The molecular formula is C15H11BrFN3O. The first-order valence-electron chi connectivity index (χ1n) is 6.27. The summed E-state index contributed by atoms with van der Waals surface area (Å²) in [5, 5.41) is 10.7. The minimum Gasteiger partial charge on any atom is -0.423 e. The highest BCUT2D eigenvalue weighted by atomic mass is 79.9. The van der Waals surface area contributed by atoms with Crippen molar-refractivity contribution in [3.05, 3.63) is 64.7 Å². The lowest BCUT2D eigenvalue weighted by molar-refractivity contribution is 0.568. The van der Waals surface area contributed by atoms with E-state index in [2.05, 4.69) is 31.4 Å². The lowest BCUT2D eigenvalue weighted by atomic mass is 10.2. The van der Waals surface area contributed by atoms with Crippen LogP contribution in [0, 0.1) is 5.82 Å². The van der Waals surface area contributed by atoms with Crippen molar-refractivity contribution >= 4 is 21.6 Å². The summed E-state index contributed by atoms with van der Waals surface area (Å²) in [6.07, 6.45) is 1.30. The zero-order valence-corrected chi connectivity index (χ0v) is 12.5. The number of benzene rings is 2. The highest BCUT2D eigenvalue weighted by molar-refractivity contribution is 9.10. The predicted octanol–water partition coefficient (Wildman–Crippen LogP) is 4.25. The first-order chi connectivity index (χ1) is 10.2. The van der Waals surface area contributed by atoms with E-state index in [0.29, 0.717) is 16.9 Å². The van der Waals surface area contributed by atoms with Gasteiger partial charge in [-0.2, -0.15) is 0 Å². The van der Waals surface area contributed by atoms with E-state index in [1.165, 1.54) is 12.5 Å². The van der Waals surface area contributed by atoms with Crippen LogP contribution in [0.25, 0.3) is 11.5 Å². The van der Waals surface area contributed by atoms with Gasteiger partial charge >= 0.3 is 0 Å². The quantitative estimate of drug-likeness (QED) is 0.766. The molecule has 0 atom stereocenters. The Labute approximate surface area is 129 Å². The molecule has 0 radical (unpaired) electrons. The molecule has 3 rings (SSSR count). The zero-order valence-electron chi connectivity index (χ0n) is 10.9. The van der Waals surface area contributed by atoms with Crippen molar-refractivity contribution in [3.63, 3.8) is 0 Å². The van der Waals surface area contributed by atoms with Gasteiger partial charge in [0, 0.05) is 17.8 Å². The van der Waals surface area contributed by atoms with Gasteiger partial charge in [0.15, 0.2) is 0 Å². The van der Waals surface area contributed by atoms with Crippen LogP contribution in [0.2, 0.25) is 0 Å². The second-order valence-electron chi connectivity index (χ2n) is 4.42. The van der Waals surface area contributed by atoms with Crippen LogP contribution >= 0.6 is 15.9 Å². The second kappa shape index (κ2) is 6.05. The molecule has 21 heavy (non-hydrogen) atoms. The molecule has 0 unspecified atom stereocenters. The molecule has 1 N–H and O–H groups in total. The molecule has 1 aromatic heterocycles. The van der Waals surface area contributed by atoms with Crippen LogP contribution in [0.5, 0.6) is 0 Å². The number of aromatic nitrogens is 2. The van der Waals surface area contributed by atoms with Crippen molar-refractivity contribution < 1.29 is 8.81 Å². The van der Waals surface area contributed by atoms with Crippen LogP contribution in [0.4, 0.5) is 10.1 Å². The number of nitrogens with zero attached hydrogens (tertiary/aromatic N) is 2. The molecule has 0 saturated carbocycles. The van der Waals surface area contributed by atoms with Crippen LogP contribution in [0.15, 0.2) is 57.7 Å². The van der Waals surface area contributed by atoms with Gasteiger partial charge < -0.3 is 9.73 Å². The summed E-state index contributed by atoms with van der Waals surface area (Å²) in [5.74, 6) is 0.220. The molecule has 2 aromatic carbocycles. The zero-order chi connectivity index (χ0) is 14.7. The number of hydrogen-bond donors (Lipinski definition) is 1. The Bertz CT molecular complexity index is 729. The highest BCUT2D eigenvalue weighted by Gasteiger charge is 2.04. The summed E-state index contributed by atoms with van der Waals surface area (Å²) in [6, 6.07) is 12.7. The molecule has 0 bridgehead atoms. The molecule has 0 aliphatic carbocycles. The fourth-order valence-electron chi connectivity index (χ4n) is 1.88. The van der Waals surface area contributed by atoms with Crippen LogP contribution in [-0.2, 0) is 6.54 Å². The largest absolute Gasteiger partial charge is 0.423 e. The number of halogens is 2. The van der Waals surface area contributed by atoms with Gasteiger partial charge in [-0.25, -0.2) is 4.39 Å². The molecule has 4 nitrogen and oxygen atoms in total. The van der Waals surface area contributed by atoms with Crippen LogP contribution in [0.3, 0.4) is 0 Å². The molecule has 1 heterocycles. The summed E-state index contributed by atoms with van der Waals surface area (Å²) >= 11 is 3.14. The van der Waals surface area contributed by atoms with E-state index in [4.69, 9.17) is 4.42 Å². The smallest absolute Gasteiger partial charge is 0.247 e. The number of anilines is 1. The average molecular weight is 348 g/mol. The van der Waals surface area contributed by atoms with Gasteiger partial charge in [0.1, 0.15) is 5.82 Å². The minimum absolute atomic E-state index is 0.263. The van der Waals surface area contributed by atoms with E-state index in [1.54, 1.807) is 6.07 Å². The van der Waals surface area contributed by atoms with Gasteiger partial charge in [-0.15, -0.1) is 10.2 Å². The third-order valence-corrected chi connectivity index (χ3v) is 3.62. The van der Waals surface area contributed by atoms with Crippen molar-refractivity contribution in [2.45, 2.75) is 6.54 Å². The maximum atomic E-state index is 13.4. The average Bonchev–Trinajstić information content (AvgIpc) is 3.03. The van der Waals surface area contributed by atoms with E-state index in [-0.39, 0.29) is 5.82 Å². The molecule has 106 valence electrons. The molecule has 0 saturated heterocycles. The molecule has 0 aliphatic rings. The Kier molecular flexibility index (Phi) is 3.96. The van der Waals surface area contributed by atoms with Crippen LogP contribution in [0.1, 0.15) is 5.56 Å². The summed E-state index contributed by atoms with van der Waals surface area (Å²) < 4.78 is 19.0. The third kappa shape index (κ3) is 3.28. The minimum atomic E-state index is -0.263. The van der Waals surface area contributed by atoms with E-state index in [9.17, 15) is 4.39 Å². The fraction of sp³-hybridized carbons (Fsp3) is 0.0667. The predicted molar refractivity (Wildman–Crippen MR) is 81.2 cm³/mol. The summed E-state index contributed by atoms with van der Waals surface area (Å²) in [7, 11) is 0. The van der Waals surface area contributed by atoms with E-state index in [1.807, 2.05) is 30.3 Å². The number of hydrogen-bond acceptors (Lipinski definition) is 4. The van der Waals surface area contributed by atoms with Gasteiger partial charge in [-0.05, 0) is 57.9 Å². The summed E-state index contributed by atoms with van der Waals surface area (Å²) in [6.45, 7) is 0.546. The summed E-state index contributed by atoms with van der Waals surface area (Å²) in [4.78, 5) is 0. The molecule has 0 aliphatic heterocycles. The fourth-order valence-corrected chi connectivity index (χ4v) is 2.13. The van der Waals surface area contributed by atoms with Crippen molar-refractivity contribution in [1.82, 2.24) is 10.2 Å². The van der Waals surface area contributed by atoms with Gasteiger partial charge in [0.25, 0.3) is 0 Å². The van der Waals surface area contributed by atoms with Crippen LogP contribution in [-0.4, -0.2) is 10.2 Å². The SMILES string of the molecule is Fc1cc(CNc2ccc(-c3nnco3)cc2)ccc1Br. The molecule has 0 fully saturated rings. The Morgan fingerprint density at radius 3 is 2.62 bits per heavy atom. The summed E-state index contributed by atoms with van der Waals surface area (Å²) in [5.41, 5.74) is 2.66. The molecular weight excluding hydrogens is 337 g/mol. The lowest BCUT2D eigenvalue weighted by Crippen LogP contribution is -1.99. The molecule has 6 heteroatoms. The van der Waals surface area contributed by atoms with Gasteiger partial charge in [0.05, 0.1) is 4.47 Å². The van der Waals surface area contributed by atoms with Crippen molar-refractivity contribution in [1.29, 1.82) is 0 Å². The van der Waals surface area contributed by atoms with Crippen molar-refractivity contribution in [3.8, 4) is 11.5 Å². The number of rotatable bonds is 4. The van der Waals surface area contributed by atoms with E-state index in [0.717, 1.165) is 16.8 Å². The number of nitrogens with one attached hydrogen (secondary N) is 1. The van der Waals surface area contributed by atoms with Gasteiger partial charge in [-0.1, -0.05) is 6.07 Å². The monoisotopic (exact) mass is 347 g/mol. The highest BCUT2D eigenvalue weighted by Crippen LogP contribution is 2.20. The van der Waals surface area contributed by atoms with E-state index < -0.39 is 0 Å². The van der Waals surface area contributed by atoms with Gasteiger partial charge in [0.2, 0.25) is 12.3 Å².